The van der Waals surface area contributed by atoms with Crippen LogP contribution < -0.4 is 5.32 Å². The molecule has 1 aromatic carbocycles. The normalized spacial score (nSPS) is 27.7. The maximum absolute atomic E-state index is 14.8. The second-order valence-corrected chi connectivity index (χ2v) is 15.0. The van der Waals surface area contributed by atoms with Crippen molar-refractivity contribution in [1.29, 1.82) is 0 Å². The van der Waals surface area contributed by atoms with Gasteiger partial charge in [-0.3, -0.25) is 19.2 Å². The Bertz CT molecular complexity index is 1330. The van der Waals surface area contributed by atoms with Crippen molar-refractivity contribution in [2.24, 2.45) is 17.8 Å². The molecule has 11 heteroatoms. The van der Waals surface area contributed by atoms with Crippen molar-refractivity contribution in [1.82, 2.24) is 15.1 Å². The van der Waals surface area contributed by atoms with Gasteiger partial charge in [0, 0.05) is 23.8 Å². The van der Waals surface area contributed by atoms with Crippen molar-refractivity contribution in [3.63, 3.8) is 0 Å². The smallest absolute Gasteiger partial charge is 0.306 e. The minimum Gasteiger partial charge on any atom is -0.463 e. The molecule has 0 aromatic heterocycles. The van der Waals surface area contributed by atoms with Crippen molar-refractivity contribution in [3.05, 3.63) is 61.2 Å². The zero-order valence-corrected chi connectivity index (χ0v) is 30.3. The number of aliphatic hydroxyl groups excluding tert-OH is 1. The lowest BCUT2D eigenvalue weighted by atomic mass is 9.70. The van der Waals surface area contributed by atoms with E-state index in [1.165, 1.54) is 0 Å². The Hall–Kier alpha value is -3.02. The topological polar surface area (TPSA) is 125 Å². The summed E-state index contributed by atoms with van der Waals surface area (Å²) >= 11 is 3.75. The minimum atomic E-state index is -1.27. The van der Waals surface area contributed by atoms with E-state index < -0.39 is 53.5 Å². The number of carbonyl (C=O) groups is 4. The zero-order chi connectivity index (χ0) is 35.2. The number of fused-ring (bicyclic) bond motifs is 1. The number of amides is 3. The Balaban J connectivity index is 1.73. The van der Waals surface area contributed by atoms with Gasteiger partial charge < -0.3 is 29.7 Å². The number of alkyl halides is 1. The second kappa shape index (κ2) is 16.6. The number of aliphatic hydroxyl groups is 1. The maximum atomic E-state index is 14.8. The number of rotatable bonds is 18. The molecular weight excluding hydrogens is 678 g/mol. The van der Waals surface area contributed by atoms with Crippen molar-refractivity contribution in [3.8, 4) is 0 Å². The molecule has 9 atom stereocenters. The first-order chi connectivity index (χ1) is 22.9. The third kappa shape index (κ3) is 7.58. The summed E-state index contributed by atoms with van der Waals surface area (Å²) in [6.07, 6.45) is 5.78. The van der Waals surface area contributed by atoms with Crippen LogP contribution in [0, 0.1) is 17.8 Å². The Morgan fingerprint density at radius 3 is 2.52 bits per heavy atom. The number of halogens is 1. The molecule has 264 valence electrons. The Morgan fingerprint density at radius 1 is 1.21 bits per heavy atom. The quantitative estimate of drug-likeness (QED) is 0.127. The Labute approximate surface area is 293 Å². The molecule has 3 heterocycles. The van der Waals surface area contributed by atoms with Crippen LogP contribution >= 0.6 is 15.9 Å². The van der Waals surface area contributed by atoms with Crippen molar-refractivity contribution in [2.75, 3.05) is 19.8 Å². The van der Waals surface area contributed by atoms with Crippen molar-refractivity contribution in [2.45, 2.75) is 107 Å². The van der Waals surface area contributed by atoms with Crippen molar-refractivity contribution < 1.29 is 33.8 Å². The molecule has 0 aliphatic carbocycles. The highest BCUT2D eigenvalue weighted by molar-refractivity contribution is 9.09. The highest BCUT2D eigenvalue weighted by atomic mass is 79.9. The molecule has 3 amide bonds. The van der Waals surface area contributed by atoms with Gasteiger partial charge in [0.05, 0.1) is 36.6 Å². The number of nitrogens with one attached hydrogen (secondary N) is 1. The summed E-state index contributed by atoms with van der Waals surface area (Å²) < 4.78 is 12.3. The van der Waals surface area contributed by atoms with Gasteiger partial charge >= 0.3 is 5.97 Å². The third-order valence-electron chi connectivity index (χ3n) is 9.94. The molecule has 3 aliphatic rings. The first-order valence-corrected chi connectivity index (χ1v) is 18.1. The molecule has 0 radical (unpaired) electrons. The van der Waals surface area contributed by atoms with E-state index in [-0.39, 0.29) is 48.2 Å². The highest BCUT2D eigenvalue weighted by Crippen LogP contribution is 2.60. The van der Waals surface area contributed by atoms with Crippen LogP contribution in [0.5, 0.6) is 0 Å². The lowest BCUT2D eigenvalue weighted by Crippen LogP contribution is -2.60. The van der Waals surface area contributed by atoms with Crippen LogP contribution in [0.1, 0.15) is 77.8 Å². The molecule has 3 aliphatic heterocycles. The van der Waals surface area contributed by atoms with Gasteiger partial charge in [-0.25, -0.2) is 0 Å². The summed E-state index contributed by atoms with van der Waals surface area (Å²) in [5.74, 6) is -3.17. The highest BCUT2D eigenvalue weighted by Gasteiger charge is 2.77. The van der Waals surface area contributed by atoms with Crippen LogP contribution in [-0.2, 0) is 28.7 Å². The molecular formula is C37H52BrN3O7. The predicted octanol–water partition coefficient (Wildman–Crippen LogP) is 4.71. The summed E-state index contributed by atoms with van der Waals surface area (Å²) in [7, 11) is 0. The van der Waals surface area contributed by atoms with E-state index in [0.29, 0.717) is 25.8 Å². The number of ether oxygens (including phenoxy) is 2. The summed E-state index contributed by atoms with van der Waals surface area (Å²) in [5.41, 5.74) is -0.532. The average Bonchev–Trinajstić information content (AvgIpc) is 3.66. The molecule has 3 saturated heterocycles. The number of hydrogen-bond donors (Lipinski definition) is 2. The van der Waals surface area contributed by atoms with E-state index in [1.54, 1.807) is 22.0 Å². The number of likely N-dealkylation sites (tertiary alicyclic amines) is 1. The van der Waals surface area contributed by atoms with E-state index in [1.807, 2.05) is 51.1 Å². The third-order valence-corrected chi connectivity index (χ3v) is 10.8. The lowest BCUT2D eigenvalue weighted by Gasteiger charge is -2.41. The van der Waals surface area contributed by atoms with Crippen LogP contribution in [0.15, 0.2) is 55.6 Å². The summed E-state index contributed by atoms with van der Waals surface area (Å²) in [5, 5.41) is 13.7. The van der Waals surface area contributed by atoms with Gasteiger partial charge in [0.25, 0.3) is 0 Å². The van der Waals surface area contributed by atoms with Crippen molar-refractivity contribution >= 4 is 39.6 Å². The lowest BCUT2D eigenvalue weighted by molar-refractivity contribution is -0.153. The molecule has 10 nitrogen and oxygen atoms in total. The monoisotopic (exact) mass is 729 g/mol. The number of allylic oxidation sites excluding steroid dienone is 1. The standard InChI is InChI=1S/C37H52BrN3O7/c1-7-10-17-29(43)47-22-28(25-15-12-11-13-16-25)39-34(44)30-31-35(45)41(26(21-42)19-23(4)5)33(37(31)20-27(38)32(30)48-37)36(46)40(18-9-3)24(6)14-8-2/h7,9,11-13,15-16,23-24,26-28,30-33,42H,1,3,8,10,14,17-22H2,2,4-6H3,(H,39,44)/t24?,26-,27?,28-,30+,31-,32+,33+,37-/m1/s1. The average molecular weight is 731 g/mol. The van der Waals surface area contributed by atoms with E-state index >= 15 is 0 Å². The number of benzene rings is 1. The van der Waals surface area contributed by atoms with E-state index in [9.17, 15) is 24.3 Å². The van der Waals surface area contributed by atoms with Gasteiger partial charge in [0.15, 0.2) is 0 Å². The second-order valence-electron chi connectivity index (χ2n) is 13.8. The van der Waals surface area contributed by atoms with Crippen LogP contribution in [0.2, 0.25) is 0 Å². The molecule has 48 heavy (non-hydrogen) atoms. The van der Waals surface area contributed by atoms with Crippen LogP contribution in [-0.4, -0.2) is 93.0 Å². The molecule has 1 aromatic rings. The number of carbonyl (C=O) groups excluding carboxylic acids is 4. The van der Waals surface area contributed by atoms with Crippen LogP contribution in [0.25, 0.3) is 0 Å². The summed E-state index contributed by atoms with van der Waals surface area (Å²) in [6, 6.07) is 6.76. The molecule has 2 bridgehead atoms. The minimum absolute atomic E-state index is 0.0918. The van der Waals surface area contributed by atoms with E-state index in [4.69, 9.17) is 9.47 Å². The summed E-state index contributed by atoms with van der Waals surface area (Å²) in [6.45, 7) is 15.5. The van der Waals surface area contributed by atoms with Gasteiger partial charge in [-0.1, -0.05) is 85.6 Å². The number of nitrogens with zero attached hydrogens (tertiary/aromatic N) is 2. The largest absolute Gasteiger partial charge is 0.463 e. The first-order valence-electron chi connectivity index (χ1n) is 17.2. The first kappa shape index (κ1) is 37.8. The van der Waals surface area contributed by atoms with E-state index in [2.05, 4.69) is 41.3 Å². The van der Waals surface area contributed by atoms with Crippen LogP contribution in [0.4, 0.5) is 0 Å². The van der Waals surface area contributed by atoms with Gasteiger partial charge in [0.1, 0.15) is 18.2 Å². The summed E-state index contributed by atoms with van der Waals surface area (Å²) in [4.78, 5) is 59.3. The molecule has 2 unspecified atom stereocenters. The predicted molar refractivity (Wildman–Crippen MR) is 187 cm³/mol. The SMILES string of the molecule is C=CCCC(=O)OC[C@@H](NC(=O)[C@@H]1[C@H]2O[C@@]3(CC2Br)[C@H](C(=O)N(CC=C)C(C)CCC)N([C@@H](CO)CC(C)C)C(=O)[C@@H]13)c1ccccc1. The molecule has 0 saturated carbocycles. The fraction of sp³-hybridized carbons (Fsp3) is 0.622. The number of hydrogen-bond acceptors (Lipinski definition) is 7. The van der Waals surface area contributed by atoms with Gasteiger partial charge in [-0.15, -0.1) is 13.2 Å². The van der Waals surface area contributed by atoms with Gasteiger partial charge in [-0.2, -0.15) is 0 Å². The Morgan fingerprint density at radius 2 is 1.92 bits per heavy atom. The maximum Gasteiger partial charge on any atom is 0.306 e. The Kier molecular flexibility index (Phi) is 13.1. The molecule has 3 fully saturated rings. The van der Waals surface area contributed by atoms with Gasteiger partial charge in [-0.05, 0) is 44.1 Å². The fourth-order valence-electron chi connectivity index (χ4n) is 7.86. The van der Waals surface area contributed by atoms with Gasteiger partial charge in [0.2, 0.25) is 17.7 Å². The fourth-order valence-corrected chi connectivity index (χ4v) is 8.80. The molecule has 1 spiro atoms. The number of esters is 1. The molecule has 4 rings (SSSR count). The zero-order valence-electron chi connectivity index (χ0n) is 28.7. The van der Waals surface area contributed by atoms with E-state index in [0.717, 1.165) is 18.4 Å². The molecule has 2 N–H and O–H groups in total. The van der Waals surface area contributed by atoms with Crippen LogP contribution in [0.3, 0.4) is 0 Å².